The maximum absolute atomic E-state index is 13.4. The fourth-order valence-electron chi connectivity index (χ4n) is 4.03. The monoisotopic (exact) mass is 492 g/mol. The number of nitrogens with zero attached hydrogens (tertiary/aromatic N) is 3. The summed E-state index contributed by atoms with van der Waals surface area (Å²) in [5, 5.41) is 13.6. The van der Waals surface area contributed by atoms with Gasteiger partial charge >= 0.3 is 6.18 Å². The molecule has 0 atom stereocenters. The number of likely N-dealkylation sites (N-methyl/N-ethyl adjacent to an activating group) is 1. The summed E-state index contributed by atoms with van der Waals surface area (Å²) in [6.07, 6.45) is -2.85. The van der Waals surface area contributed by atoms with Crippen molar-refractivity contribution in [1.29, 1.82) is 0 Å². The molecule has 0 unspecified atom stereocenters. The molecule has 2 aromatic rings. The van der Waals surface area contributed by atoms with Crippen molar-refractivity contribution in [2.75, 3.05) is 36.4 Å². The molecule has 3 rings (SSSR count). The molecule has 0 aromatic heterocycles. The molecular formula is C24H27F3N4O4. The average Bonchev–Trinajstić information content (AvgIpc) is 2.82. The lowest BCUT2D eigenvalue weighted by molar-refractivity contribution is -0.384. The van der Waals surface area contributed by atoms with Crippen molar-refractivity contribution in [3.63, 3.8) is 0 Å². The lowest BCUT2D eigenvalue weighted by atomic mass is 9.97. The average molecular weight is 492 g/mol. The highest BCUT2D eigenvalue weighted by Crippen LogP contribution is 2.35. The second kappa shape index (κ2) is 10.7. The van der Waals surface area contributed by atoms with Gasteiger partial charge < -0.3 is 15.1 Å². The normalized spacial score (nSPS) is 14.5. The van der Waals surface area contributed by atoms with Gasteiger partial charge in [-0.1, -0.05) is 19.1 Å². The number of carbonyl (C=O) groups is 2. The Morgan fingerprint density at radius 3 is 2.43 bits per heavy atom. The molecular weight excluding hydrogens is 465 g/mol. The number of amides is 2. The Morgan fingerprint density at radius 1 is 1.17 bits per heavy atom. The molecule has 1 aliphatic rings. The maximum atomic E-state index is 13.4. The smallest absolute Gasteiger partial charge is 0.371 e. The molecule has 1 aliphatic heterocycles. The Morgan fingerprint density at radius 2 is 1.83 bits per heavy atom. The zero-order valence-electron chi connectivity index (χ0n) is 19.5. The molecule has 0 saturated carbocycles. The lowest BCUT2D eigenvalue weighted by Crippen LogP contribution is -2.40. The van der Waals surface area contributed by atoms with Gasteiger partial charge in [0.1, 0.15) is 6.54 Å². The van der Waals surface area contributed by atoms with Crippen LogP contribution in [0, 0.1) is 16.0 Å². The first-order valence-electron chi connectivity index (χ1n) is 11.3. The van der Waals surface area contributed by atoms with Crippen LogP contribution in [0.25, 0.3) is 0 Å². The minimum absolute atomic E-state index is 0.0757. The van der Waals surface area contributed by atoms with E-state index in [1.807, 2.05) is 4.90 Å². The number of hydrogen-bond acceptors (Lipinski definition) is 5. The predicted octanol–water partition coefficient (Wildman–Crippen LogP) is 4.95. The third-order valence-electron chi connectivity index (χ3n) is 6.06. The van der Waals surface area contributed by atoms with E-state index in [2.05, 4.69) is 12.2 Å². The second-order valence-electron chi connectivity index (χ2n) is 8.54. The largest absolute Gasteiger partial charge is 0.418 e. The van der Waals surface area contributed by atoms with Crippen LogP contribution in [-0.2, 0) is 11.0 Å². The van der Waals surface area contributed by atoms with Crippen LogP contribution < -0.4 is 10.2 Å². The molecule has 0 spiro atoms. The van der Waals surface area contributed by atoms with E-state index in [4.69, 9.17) is 0 Å². The second-order valence-corrected chi connectivity index (χ2v) is 8.54. The SMILES string of the molecule is CCN(CC(=O)Nc1ccccc1C(F)(F)F)C(=O)c1cc([N+](=O)[O-])ccc1N1CCC(C)CC1. The van der Waals surface area contributed by atoms with Crippen molar-refractivity contribution in [2.24, 2.45) is 5.92 Å². The molecule has 2 amide bonds. The summed E-state index contributed by atoms with van der Waals surface area (Å²) in [5.41, 5.74) is -1.05. The molecule has 8 nitrogen and oxygen atoms in total. The number of nitrogens with one attached hydrogen (secondary N) is 1. The summed E-state index contributed by atoms with van der Waals surface area (Å²) in [5.74, 6) is -0.890. The summed E-state index contributed by atoms with van der Waals surface area (Å²) >= 11 is 0. The number of benzene rings is 2. The molecule has 1 fully saturated rings. The van der Waals surface area contributed by atoms with Crippen molar-refractivity contribution < 1.29 is 27.7 Å². The van der Waals surface area contributed by atoms with Crippen molar-refractivity contribution in [1.82, 2.24) is 4.90 Å². The number of hydrogen-bond donors (Lipinski definition) is 1. The van der Waals surface area contributed by atoms with Crippen LogP contribution in [0.15, 0.2) is 42.5 Å². The molecule has 35 heavy (non-hydrogen) atoms. The van der Waals surface area contributed by atoms with Crippen molar-refractivity contribution >= 4 is 28.9 Å². The van der Waals surface area contributed by atoms with Crippen LogP contribution >= 0.6 is 0 Å². The standard InChI is InChI=1S/C24H27F3N4O4/c1-3-29(15-22(32)28-20-7-5-4-6-19(20)24(25,26)27)23(33)18-14-17(31(34)35)8-9-21(18)30-12-10-16(2)11-13-30/h4-9,14,16H,3,10-13,15H2,1-2H3,(H,28,32). The Labute approximate surface area is 200 Å². The number of carbonyl (C=O) groups excluding carboxylic acids is 2. The van der Waals surface area contributed by atoms with Crippen LogP contribution in [0.5, 0.6) is 0 Å². The van der Waals surface area contributed by atoms with Gasteiger partial charge in [0.05, 0.1) is 27.4 Å². The molecule has 0 aliphatic carbocycles. The minimum Gasteiger partial charge on any atom is -0.371 e. The third kappa shape index (κ3) is 6.28. The van der Waals surface area contributed by atoms with E-state index in [0.29, 0.717) is 24.7 Å². The summed E-state index contributed by atoms with van der Waals surface area (Å²) in [6, 6.07) is 8.63. The number of para-hydroxylation sites is 1. The fourth-order valence-corrected chi connectivity index (χ4v) is 4.03. The van der Waals surface area contributed by atoms with Crippen LogP contribution in [0.4, 0.5) is 30.2 Å². The molecule has 0 radical (unpaired) electrons. The first-order chi connectivity index (χ1) is 16.5. The highest BCUT2D eigenvalue weighted by atomic mass is 19.4. The van der Waals surface area contributed by atoms with Gasteiger partial charge in [0, 0.05) is 31.8 Å². The van der Waals surface area contributed by atoms with E-state index >= 15 is 0 Å². The van der Waals surface area contributed by atoms with Crippen molar-refractivity contribution in [3.8, 4) is 0 Å². The van der Waals surface area contributed by atoms with Gasteiger partial charge in [-0.2, -0.15) is 13.2 Å². The van der Waals surface area contributed by atoms with Crippen molar-refractivity contribution in [2.45, 2.75) is 32.9 Å². The Kier molecular flexibility index (Phi) is 7.98. The third-order valence-corrected chi connectivity index (χ3v) is 6.06. The van der Waals surface area contributed by atoms with E-state index < -0.39 is 40.7 Å². The van der Waals surface area contributed by atoms with E-state index in [1.54, 1.807) is 6.92 Å². The number of piperidine rings is 1. The predicted molar refractivity (Wildman–Crippen MR) is 125 cm³/mol. The van der Waals surface area contributed by atoms with Gasteiger partial charge in [-0.15, -0.1) is 0 Å². The zero-order chi connectivity index (χ0) is 25.8. The number of rotatable bonds is 7. The Bertz CT molecular complexity index is 1100. The first-order valence-corrected chi connectivity index (χ1v) is 11.3. The number of halogens is 3. The number of anilines is 2. The van der Waals surface area contributed by atoms with Crippen LogP contribution in [0.1, 0.15) is 42.6 Å². The van der Waals surface area contributed by atoms with E-state index in [0.717, 1.165) is 29.9 Å². The van der Waals surface area contributed by atoms with Gasteiger partial charge in [0.25, 0.3) is 11.6 Å². The fraction of sp³-hybridized carbons (Fsp3) is 0.417. The van der Waals surface area contributed by atoms with E-state index in [1.165, 1.54) is 30.3 Å². The van der Waals surface area contributed by atoms with Gasteiger partial charge in [-0.3, -0.25) is 19.7 Å². The topological polar surface area (TPSA) is 95.8 Å². The molecule has 1 saturated heterocycles. The van der Waals surface area contributed by atoms with Crippen LogP contribution in [-0.4, -0.2) is 47.8 Å². The highest BCUT2D eigenvalue weighted by molar-refractivity contribution is 6.03. The lowest BCUT2D eigenvalue weighted by Gasteiger charge is -2.34. The van der Waals surface area contributed by atoms with Gasteiger partial charge in [-0.25, -0.2) is 0 Å². The minimum atomic E-state index is -4.66. The number of non-ortho nitro benzene ring substituents is 1. The maximum Gasteiger partial charge on any atom is 0.418 e. The Balaban J connectivity index is 1.85. The van der Waals surface area contributed by atoms with Gasteiger partial charge in [0.15, 0.2) is 0 Å². The van der Waals surface area contributed by atoms with Crippen LogP contribution in [0.2, 0.25) is 0 Å². The molecule has 1 N–H and O–H groups in total. The number of alkyl halides is 3. The van der Waals surface area contributed by atoms with Crippen molar-refractivity contribution in [3.05, 3.63) is 63.7 Å². The Hall–Kier alpha value is -3.63. The molecule has 188 valence electrons. The number of nitro groups is 1. The molecule has 11 heteroatoms. The first kappa shape index (κ1) is 26.0. The zero-order valence-corrected chi connectivity index (χ0v) is 19.5. The summed E-state index contributed by atoms with van der Waals surface area (Å²) in [7, 11) is 0. The highest BCUT2D eigenvalue weighted by Gasteiger charge is 2.34. The van der Waals surface area contributed by atoms with Gasteiger partial charge in [0.2, 0.25) is 5.91 Å². The molecule has 0 bridgehead atoms. The molecule has 1 heterocycles. The van der Waals surface area contributed by atoms with E-state index in [9.17, 15) is 32.9 Å². The summed E-state index contributed by atoms with van der Waals surface area (Å²) in [6.45, 7) is 4.68. The summed E-state index contributed by atoms with van der Waals surface area (Å²) in [4.78, 5) is 39.9. The van der Waals surface area contributed by atoms with Gasteiger partial charge in [-0.05, 0) is 43.9 Å². The number of nitro benzene ring substituents is 1. The van der Waals surface area contributed by atoms with E-state index in [-0.39, 0.29) is 17.8 Å². The molecule has 2 aromatic carbocycles. The quantitative estimate of drug-likeness (QED) is 0.436. The van der Waals surface area contributed by atoms with Crippen LogP contribution in [0.3, 0.4) is 0 Å². The summed E-state index contributed by atoms with van der Waals surface area (Å²) < 4.78 is 39.7.